The van der Waals surface area contributed by atoms with E-state index in [1.807, 2.05) is 19.9 Å². The number of nitrogens with one attached hydrogen (secondary N) is 1. The molecular weight excluding hydrogens is 255 g/mol. The van der Waals surface area contributed by atoms with E-state index in [1.54, 1.807) is 6.07 Å². The summed E-state index contributed by atoms with van der Waals surface area (Å²) in [7, 11) is 0. The van der Waals surface area contributed by atoms with Crippen molar-refractivity contribution in [3.05, 3.63) is 29.6 Å². The minimum Gasteiger partial charge on any atom is -0.492 e. The Morgan fingerprint density at radius 3 is 2.50 bits per heavy atom. The Labute approximate surface area is 122 Å². The van der Waals surface area contributed by atoms with Gasteiger partial charge in [0.25, 0.3) is 0 Å². The zero-order valence-electron chi connectivity index (χ0n) is 13.1. The van der Waals surface area contributed by atoms with E-state index in [1.165, 1.54) is 6.07 Å². The minimum atomic E-state index is -0.209. The van der Waals surface area contributed by atoms with Crippen LogP contribution in [0.1, 0.15) is 39.3 Å². The van der Waals surface area contributed by atoms with Crippen molar-refractivity contribution in [3.63, 3.8) is 0 Å². The quantitative estimate of drug-likeness (QED) is 0.752. The Morgan fingerprint density at radius 2 is 1.95 bits per heavy atom. The van der Waals surface area contributed by atoms with Crippen LogP contribution in [0, 0.1) is 5.82 Å². The van der Waals surface area contributed by atoms with Crippen LogP contribution in [0.5, 0.6) is 5.75 Å². The van der Waals surface area contributed by atoms with Crippen LogP contribution in [0.3, 0.4) is 0 Å². The molecule has 0 saturated heterocycles. The molecule has 1 aromatic rings. The molecule has 0 amide bonds. The highest BCUT2D eigenvalue weighted by Crippen LogP contribution is 2.21. The lowest BCUT2D eigenvalue weighted by Crippen LogP contribution is -2.27. The summed E-state index contributed by atoms with van der Waals surface area (Å²) in [6, 6.07) is 5.14. The van der Waals surface area contributed by atoms with Gasteiger partial charge >= 0.3 is 0 Å². The molecule has 0 aliphatic heterocycles. The van der Waals surface area contributed by atoms with Gasteiger partial charge < -0.3 is 15.0 Å². The van der Waals surface area contributed by atoms with Gasteiger partial charge in [-0.2, -0.15) is 0 Å². The standard InChI is InChI=1S/C16H27FN2O/c1-5-18-13(4)15-9-8-14(12-16(15)17)20-11-10-19(6-2)7-3/h8-9,12-13,18H,5-7,10-11H2,1-4H3. The van der Waals surface area contributed by atoms with Crippen molar-refractivity contribution in [2.45, 2.75) is 33.7 Å². The van der Waals surface area contributed by atoms with Crippen molar-refractivity contribution in [1.29, 1.82) is 0 Å². The SMILES string of the molecule is CCNC(C)c1ccc(OCCN(CC)CC)cc1F. The second kappa shape index (κ2) is 8.93. The number of benzene rings is 1. The second-order valence-corrected chi connectivity index (χ2v) is 4.84. The molecule has 0 aliphatic rings. The first-order valence-electron chi connectivity index (χ1n) is 7.50. The summed E-state index contributed by atoms with van der Waals surface area (Å²) in [5.74, 6) is 0.390. The van der Waals surface area contributed by atoms with Gasteiger partial charge in [0.05, 0.1) is 0 Å². The number of halogens is 1. The van der Waals surface area contributed by atoms with E-state index in [0.717, 1.165) is 26.2 Å². The van der Waals surface area contributed by atoms with Crippen molar-refractivity contribution in [1.82, 2.24) is 10.2 Å². The second-order valence-electron chi connectivity index (χ2n) is 4.84. The van der Waals surface area contributed by atoms with E-state index in [9.17, 15) is 4.39 Å². The summed E-state index contributed by atoms with van der Waals surface area (Å²) in [6.07, 6.45) is 0. The fourth-order valence-electron chi connectivity index (χ4n) is 2.20. The van der Waals surface area contributed by atoms with Crippen LogP contribution in [-0.2, 0) is 0 Å². The fraction of sp³-hybridized carbons (Fsp3) is 0.625. The number of likely N-dealkylation sites (N-methyl/N-ethyl adjacent to an activating group) is 1. The predicted molar refractivity (Wildman–Crippen MR) is 81.8 cm³/mol. The van der Waals surface area contributed by atoms with Gasteiger partial charge in [0.15, 0.2) is 0 Å². The molecule has 0 saturated carbocycles. The molecule has 3 nitrogen and oxygen atoms in total. The van der Waals surface area contributed by atoms with Crippen molar-refractivity contribution in [2.75, 3.05) is 32.8 Å². The van der Waals surface area contributed by atoms with Gasteiger partial charge in [-0.25, -0.2) is 4.39 Å². The molecule has 0 radical (unpaired) electrons. The molecule has 0 heterocycles. The van der Waals surface area contributed by atoms with Crippen molar-refractivity contribution >= 4 is 0 Å². The smallest absolute Gasteiger partial charge is 0.131 e. The van der Waals surface area contributed by atoms with Gasteiger partial charge in [-0.3, -0.25) is 0 Å². The summed E-state index contributed by atoms with van der Waals surface area (Å²) in [6.45, 7) is 12.5. The maximum Gasteiger partial charge on any atom is 0.131 e. The van der Waals surface area contributed by atoms with Gasteiger partial charge in [0, 0.05) is 24.2 Å². The van der Waals surface area contributed by atoms with Gasteiger partial charge in [0.1, 0.15) is 18.2 Å². The summed E-state index contributed by atoms with van der Waals surface area (Å²) >= 11 is 0. The zero-order valence-corrected chi connectivity index (χ0v) is 13.1. The third kappa shape index (κ3) is 5.10. The van der Waals surface area contributed by atoms with E-state index < -0.39 is 0 Å². The number of ether oxygens (including phenoxy) is 1. The topological polar surface area (TPSA) is 24.5 Å². The van der Waals surface area contributed by atoms with Crippen molar-refractivity contribution in [3.8, 4) is 5.75 Å². The third-order valence-corrected chi connectivity index (χ3v) is 3.52. The average Bonchev–Trinajstić information content (AvgIpc) is 2.44. The normalized spacial score (nSPS) is 12.7. The number of nitrogens with zero attached hydrogens (tertiary/aromatic N) is 1. The molecule has 0 aliphatic carbocycles. The molecule has 20 heavy (non-hydrogen) atoms. The average molecular weight is 282 g/mol. The predicted octanol–water partition coefficient (Wildman–Crippen LogP) is 3.22. The highest BCUT2D eigenvalue weighted by atomic mass is 19.1. The maximum atomic E-state index is 14.0. The monoisotopic (exact) mass is 282 g/mol. The Balaban J connectivity index is 2.55. The molecule has 1 rings (SSSR count). The molecule has 0 aromatic heterocycles. The van der Waals surface area contributed by atoms with Crippen LogP contribution in [0.2, 0.25) is 0 Å². The van der Waals surface area contributed by atoms with E-state index >= 15 is 0 Å². The Hall–Kier alpha value is -1.13. The summed E-state index contributed by atoms with van der Waals surface area (Å²) in [5.41, 5.74) is 0.683. The highest BCUT2D eigenvalue weighted by Gasteiger charge is 2.10. The number of hydrogen-bond acceptors (Lipinski definition) is 3. The van der Waals surface area contributed by atoms with Crippen molar-refractivity contribution in [2.24, 2.45) is 0 Å². The van der Waals surface area contributed by atoms with Crippen LogP contribution < -0.4 is 10.1 Å². The first-order chi connectivity index (χ1) is 9.62. The number of rotatable bonds is 9. The first kappa shape index (κ1) is 16.9. The molecule has 4 heteroatoms. The Bertz CT molecular complexity index is 394. The molecule has 1 N–H and O–H groups in total. The van der Waals surface area contributed by atoms with Crippen LogP contribution in [0.25, 0.3) is 0 Å². The lowest BCUT2D eigenvalue weighted by Gasteiger charge is -2.18. The zero-order chi connectivity index (χ0) is 15.0. The van der Waals surface area contributed by atoms with E-state index in [4.69, 9.17) is 4.74 Å². The molecule has 1 atom stereocenters. The largest absolute Gasteiger partial charge is 0.492 e. The number of hydrogen-bond donors (Lipinski definition) is 1. The summed E-state index contributed by atoms with van der Waals surface area (Å²) < 4.78 is 19.6. The van der Waals surface area contributed by atoms with Gasteiger partial charge in [-0.1, -0.05) is 26.8 Å². The van der Waals surface area contributed by atoms with E-state index in [-0.39, 0.29) is 11.9 Å². The summed E-state index contributed by atoms with van der Waals surface area (Å²) in [4.78, 5) is 2.28. The highest BCUT2D eigenvalue weighted by molar-refractivity contribution is 5.30. The maximum absolute atomic E-state index is 14.0. The summed E-state index contributed by atoms with van der Waals surface area (Å²) in [5, 5.41) is 3.21. The van der Waals surface area contributed by atoms with Gasteiger partial charge in [0.2, 0.25) is 0 Å². The lowest BCUT2D eigenvalue weighted by atomic mass is 10.1. The van der Waals surface area contributed by atoms with Crippen LogP contribution in [0.4, 0.5) is 4.39 Å². The molecule has 0 fully saturated rings. The Morgan fingerprint density at radius 1 is 1.25 bits per heavy atom. The van der Waals surface area contributed by atoms with Crippen LogP contribution >= 0.6 is 0 Å². The molecule has 1 aromatic carbocycles. The molecule has 1 unspecified atom stereocenters. The van der Waals surface area contributed by atoms with Crippen LogP contribution in [-0.4, -0.2) is 37.7 Å². The van der Waals surface area contributed by atoms with Crippen LogP contribution in [0.15, 0.2) is 18.2 Å². The Kier molecular flexibility index (Phi) is 7.55. The molecule has 114 valence electrons. The minimum absolute atomic E-state index is 0.0183. The third-order valence-electron chi connectivity index (χ3n) is 3.52. The van der Waals surface area contributed by atoms with E-state index in [0.29, 0.717) is 17.9 Å². The van der Waals surface area contributed by atoms with Gasteiger partial charge in [-0.15, -0.1) is 0 Å². The first-order valence-corrected chi connectivity index (χ1v) is 7.50. The fourth-order valence-corrected chi connectivity index (χ4v) is 2.20. The van der Waals surface area contributed by atoms with Gasteiger partial charge in [-0.05, 0) is 32.6 Å². The molecular formula is C16H27FN2O. The lowest BCUT2D eigenvalue weighted by molar-refractivity contribution is 0.222. The van der Waals surface area contributed by atoms with E-state index in [2.05, 4.69) is 24.1 Å². The molecule has 0 spiro atoms. The van der Waals surface area contributed by atoms with Crippen molar-refractivity contribution < 1.29 is 9.13 Å². The molecule has 0 bridgehead atoms.